The third-order valence-electron chi connectivity index (χ3n) is 3.25. The van der Waals surface area contributed by atoms with E-state index >= 15 is 0 Å². The monoisotopic (exact) mass is 263 g/mol. The first kappa shape index (κ1) is 12.4. The van der Waals surface area contributed by atoms with Crippen LogP contribution in [0.15, 0.2) is 66.9 Å². The first-order chi connectivity index (χ1) is 9.74. The predicted molar refractivity (Wildman–Crippen MR) is 79.5 cm³/mol. The molecular weight excluding hydrogens is 248 g/mol. The second-order valence-corrected chi connectivity index (χ2v) is 4.72. The highest BCUT2D eigenvalue weighted by atomic mass is 16.1. The number of benzene rings is 2. The molecule has 0 spiro atoms. The molecule has 0 fully saturated rings. The van der Waals surface area contributed by atoms with Gasteiger partial charge in [-0.05, 0) is 24.3 Å². The Labute approximate surface area is 117 Å². The number of aryl methyl sites for hydroxylation is 1. The van der Waals surface area contributed by atoms with Crippen molar-refractivity contribution in [3.8, 4) is 0 Å². The van der Waals surface area contributed by atoms with Crippen LogP contribution in [0.1, 0.15) is 10.4 Å². The molecule has 3 aromatic rings. The van der Waals surface area contributed by atoms with E-state index in [0.717, 1.165) is 16.6 Å². The zero-order valence-electron chi connectivity index (χ0n) is 11.2. The normalized spacial score (nSPS) is 10.4. The van der Waals surface area contributed by atoms with E-state index in [-0.39, 0.29) is 5.91 Å². The Morgan fingerprint density at radius 1 is 1.00 bits per heavy atom. The van der Waals surface area contributed by atoms with Crippen LogP contribution >= 0.6 is 0 Å². The first-order valence-corrected chi connectivity index (χ1v) is 6.49. The van der Waals surface area contributed by atoms with Crippen molar-refractivity contribution in [2.24, 2.45) is 7.05 Å². The van der Waals surface area contributed by atoms with E-state index in [1.54, 1.807) is 12.1 Å². The van der Waals surface area contributed by atoms with Gasteiger partial charge in [-0.3, -0.25) is 4.79 Å². The van der Waals surface area contributed by atoms with Crippen LogP contribution in [0.25, 0.3) is 10.9 Å². The van der Waals surface area contributed by atoms with Gasteiger partial charge in [0.2, 0.25) is 5.52 Å². The molecule has 0 radical (unpaired) electrons. The van der Waals surface area contributed by atoms with Gasteiger partial charge in [0.15, 0.2) is 6.20 Å². The lowest BCUT2D eigenvalue weighted by Gasteiger charge is -2.05. The molecule has 0 atom stereocenters. The minimum Gasteiger partial charge on any atom is -0.317 e. The number of amides is 1. The first-order valence-electron chi connectivity index (χ1n) is 6.49. The van der Waals surface area contributed by atoms with Crippen LogP contribution in [0.2, 0.25) is 0 Å². The summed E-state index contributed by atoms with van der Waals surface area (Å²) in [6.07, 6.45) is 1.92. The number of rotatable bonds is 2. The lowest BCUT2D eigenvalue weighted by Crippen LogP contribution is -2.29. The van der Waals surface area contributed by atoms with Crippen LogP contribution < -0.4 is 9.88 Å². The number of carbonyl (C=O) groups is 1. The van der Waals surface area contributed by atoms with E-state index in [2.05, 4.69) is 11.4 Å². The Kier molecular flexibility index (Phi) is 3.17. The van der Waals surface area contributed by atoms with Crippen LogP contribution in [0, 0.1) is 0 Å². The second-order valence-electron chi connectivity index (χ2n) is 4.72. The molecule has 0 saturated heterocycles. The number of hydrogen-bond acceptors (Lipinski definition) is 1. The smallest absolute Gasteiger partial charge is 0.255 e. The molecule has 1 N–H and O–H groups in total. The number of pyridine rings is 1. The number of aromatic nitrogens is 1. The van der Waals surface area contributed by atoms with Crippen LogP contribution in [-0.2, 0) is 7.05 Å². The van der Waals surface area contributed by atoms with Gasteiger partial charge in [-0.2, -0.15) is 4.57 Å². The maximum atomic E-state index is 12.1. The zero-order chi connectivity index (χ0) is 13.9. The van der Waals surface area contributed by atoms with Crippen LogP contribution in [0.3, 0.4) is 0 Å². The number of carbonyl (C=O) groups excluding carboxylic acids is 1. The number of fused-ring (bicyclic) bond motifs is 1. The summed E-state index contributed by atoms with van der Waals surface area (Å²) in [7, 11) is 1.97. The molecular formula is C17H15N2O+. The molecule has 3 nitrogen and oxygen atoms in total. The second kappa shape index (κ2) is 5.13. The van der Waals surface area contributed by atoms with Gasteiger partial charge in [0.25, 0.3) is 5.91 Å². The third-order valence-corrected chi connectivity index (χ3v) is 3.25. The van der Waals surface area contributed by atoms with Crippen molar-refractivity contribution in [1.29, 1.82) is 0 Å². The van der Waals surface area contributed by atoms with Gasteiger partial charge in [0, 0.05) is 17.0 Å². The molecule has 3 rings (SSSR count). The van der Waals surface area contributed by atoms with Crippen molar-refractivity contribution in [3.63, 3.8) is 0 Å². The fraction of sp³-hybridized carbons (Fsp3) is 0.0588. The molecule has 98 valence electrons. The standard InChI is InChI=1S/C17H14N2O/c1-19-12-15(11-14-9-5-6-10-16(14)19)18-17(20)13-7-3-2-4-8-13/h2-12H,1H3/p+1. The highest BCUT2D eigenvalue weighted by molar-refractivity contribution is 6.04. The van der Waals surface area contributed by atoms with Crippen molar-refractivity contribution < 1.29 is 9.36 Å². The number of nitrogens with zero attached hydrogens (tertiary/aromatic N) is 1. The molecule has 1 amide bonds. The molecule has 1 aromatic heterocycles. The number of anilines is 1. The quantitative estimate of drug-likeness (QED) is 0.708. The van der Waals surface area contributed by atoms with Crippen molar-refractivity contribution in [2.75, 3.05) is 5.32 Å². The SMILES string of the molecule is C[n+]1cc(NC(=O)c2ccccc2)cc2ccccc21. The molecule has 3 heteroatoms. The van der Waals surface area contributed by atoms with Gasteiger partial charge < -0.3 is 5.32 Å². The topological polar surface area (TPSA) is 33.0 Å². The van der Waals surface area contributed by atoms with E-state index < -0.39 is 0 Å². The Morgan fingerprint density at radius 3 is 2.50 bits per heavy atom. The highest BCUT2D eigenvalue weighted by Gasteiger charge is 2.10. The van der Waals surface area contributed by atoms with Gasteiger partial charge in [0.05, 0.1) is 0 Å². The number of hydrogen-bond donors (Lipinski definition) is 1. The molecule has 20 heavy (non-hydrogen) atoms. The summed E-state index contributed by atoms with van der Waals surface area (Å²) in [5.74, 6) is -0.0964. The molecule has 2 aromatic carbocycles. The minimum absolute atomic E-state index is 0.0964. The van der Waals surface area contributed by atoms with Crippen molar-refractivity contribution in [1.82, 2.24) is 0 Å². The van der Waals surface area contributed by atoms with Gasteiger partial charge in [-0.15, -0.1) is 0 Å². The summed E-state index contributed by atoms with van der Waals surface area (Å²) in [4.78, 5) is 12.1. The lowest BCUT2D eigenvalue weighted by atomic mass is 10.2. The van der Waals surface area contributed by atoms with E-state index in [0.29, 0.717) is 5.56 Å². The predicted octanol–water partition coefficient (Wildman–Crippen LogP) is 2.92. The summed E-state index contributed by atoms with van der Waals surface area (Å²) >= 11 is 0. The Balaban J connectivity index is 1.94. The average molecular weight is 263 g/mol. The minimum atomic E-state index is -0.0964. The Bertz CT molecular complexity index is 766. The highest BCUT2D eigenvalue weighted by Crippen LogP contribution is 2.15. The fourth-order valence-corrected chi connectivity index (χ4v) is 2.27. The van der Waals surface area contributed by atoms with E-state index in [1.807, 2.05) is 60.3 Å². The maximum absolute atomic E-state index is 12.1. The largest absolute Gasteiger partial charge is 0.317 e. The fourth-order valence-electron chi connectivity index (χ4n) is 2.27. The van der Waals surface area contributed by atoms with Gasteiger partial charge in [0.1, 0.15) is 12.7 Å². The Hall–Kier alpha value is -2.68. The lowest BCUT2D eigenvalue weighted by molar-refractivity contribution is -0.644. The number of nitrogens with one attached hydrogen (secondary N) is 1. The third kappa shape index (κ3) is 2.38. The van der Waals surface area contributed by atoms with Crippen molar-refractivity contribution in [3.05, 3.63) is 72.4 Å². The molecule has 1 heterocycles. The molecule has 0 saturated carbocycles. The molecule has 0 bridgehead atoms. The van der Waals surface area contributed by atoms with E-state index in [9.17, 15) is 4.79 Å². The van der Waals surface area contributed by atoms with Crippen molar-refractivity contribution >= 4 is 22.5 Å². The van der Waals surface area contributed by atoms with Gasteiger partial charge in [-0.25, -0.2) is 0 Å². The molecule has 0 aliphatic carbocycles. The number of para-hydroxylation sites is 1. The van der Waals surface area contributed by atoms with E-state index in [1.165, 1.54) is 0 Å². The zero-order valence-corrected chi connectivity index (χ0v) is 11.2. The van der Waals surface area contributed by atoms with E-state index in [4.69, 9.17) is 0 Å². The molecule has 0 aliphatic heterocycles. The molecule has 0 unspecified atom stereocenters. The summed E-state index contributed by atoms with van der Waals surface area (Å²) in [5, 5.41) is 4.03. The maximum Gasteiger partial charge on any atom is 0.255 e. The van der Waals surface area contributed by atoms with Gasteiger partial charge in [-0.1, -0.05) is 30.3 Å². The van der Waals surface area contributed by atoms with Crippen LogP contribution in [0.5, 0.6) is 0 Å². The summed E-state index contributed by atoms with van der Waals surface area (Å²) in [6.45, 7) is 0. The summed E-state index contributed by atoms with van der Waals surface area (Å²) < 4.78 is 2.01. The Morgan fingerprint density at radius 2 is 1.70 bits per heavy atom. The van der Waals surface area contributed by atoms with Crippen LogP contribution in [0.4, 0.5) is 5.69 Å². The van der Waals surface area contributed by atoms with Crippen LogP contribution in [-0.4, -0.2) is 5.91 Å². The van der Waals surface area contributed by atoms with Gasteiger partial charge >= 0.3 is 0 Å². The van der Waals surface area contributed by atoms with Crippen molar-refractivity contribution in [2.45, 2.75) is 0 Å². The molecule has 0 aliphatic rings. The summed E-state index contributed by atoms with van der Waals surface area (Å²) in [5.41, 5.74) is 2.58. The average Bonchev–Trinajstić information content (AvgIpc) is 2.48. The summed E-state index contributed by atoms with van der Waals surface area (Å²) in [6, 6.07) is 19.3.